The number of hydrogen-bond donors (Lipinski definition) is 1. The highest BCUT2D eigenvalue weighted by Crippen LogP contribution is 2.20. The summed E-state index contributed by atoms with van der Waals surface area (Å²) in [5.74, 6) is 0.00468. The number of aromatic nitrogens is 2. The van der Waals surface area contributed by atoms with Gasteiger partial charge in [-0.3, -0.25) is 4.79 Å². The summed E-state index contributed by atoms with van der Waals surface area (Å²) in [5, 5.41) is 3.48. The van der Waals surface area contributed by atoms with Crippen molar-refractivity contribution in [2.24, 2.45) is 7.05 Å². The second-order valence-electron chi connectivity index (χ2n) is 3.36. The molecule has 0 spiro atoms. The zero-order valence-corrected chi connectivity index (χ0v) is 10.6. The van der Waals surface area contributed by atoms with Gasteiger partial charge in [-0.1, -0.05) is 11.8 Å². The van der Waals surface area contributed by atoms with Crippen molar-refractivity contribution in [3.8, 4) is 0 Å². The number of nitrogens with zero attached hydrogens (tertiary/aromatic N) is 2. The highest BCUT2D eigenvalue weighted by molar-refractivity contribution is 8.00. The molecule has 0 radical (unpaired) electrons. The van der Waals surface area contributed by atoms with Crippen LogP contribution < -0.4 is 5.32 Å². The number of rotatable bonds is 6. The van der Waals surface area contributed by atoms with E-state index in [4.69, 9.17) is 4.74 Å². The van der Waals surface area contributed by atoms with Crippen LogP contribution in [-0.2, 0) is 16.6 Å². The molecule has 1 atom stereocenters. The highest BCUT2D eigenvalue weighted by Gasteiger charge is 2.15. The van der Waals surface area contributed by atoms with E-state index in [9.17, 15) is 4.79 Å². The molecule has 0 saturated heterocycles. The SMILES string of the molecule is COCCNC(=O)C(C)Sc1nccn1C. The van der Waals surface area contributed by atoms with Crippen molar-refractivity contribution in [1.29, 1.82) is 0 Å². The fourth-order valence-corrected chi connectivity index (χ4v) is 1.95. The third kappa shape index (κ3) is 3.86. The van der Waals surface area contributed by atoms with Gasteiger partial charge in [0, 0.05) is 33.1 Å². The minimum absolute atomic E-state index is 0.00468. The largest absolute Gasteiger partial charge is 0.383 e. The van der Waals surface area contributed by atoms with Gasteiger partial charge >= 0.3 is 0 Å². The third-order valence-electron chi connectivity index (χ3n) is 2.03. The van der Waals surface area contributed by atoms with E-state index >= 15 is 0 Å². The summed E-state index contributed by atoms with van der Waals surface area (Å²) in [4.78, 5) is 15.8. The van der Waals surface area contributed by atoms with Crippen LogP contribution in [0.15, 0.2) is 17.6 Å². The maximum atomic E-state index is 11.6. The van der Waals surface area contributed by atoms with E-state index in [1.807, 2.05) is 24.7 Å². The van der Waals surface area contributed by atoms with Crippen LogP contribution in [0.4, 0.5) is 0 Å². The number of ether oxygens (including phenoxy) is 1. The molecule has 1 amide bonds. The Bertz CT molecular complexity index is 341. The Morgan fingerprint density at radius 2 is 2.50 bits per heavy atom. The number of hydrogen-bond acceptors (Lipinski definition) is 4. The van der Waals surface area contributed by atoms with Gasteiger partial charge in [0.2, 0.25) is 5.91 Å². The van der Waals surface area contributed by atoms with Gasteiger partial charge in [0.05, 0.1) is 11.9 Å². The first-order chi connectivity index (χ1) is 7.65. The monoisotopic (exact) mass is 243 g/mol. The molecule has 0 aliphatic rings. The number of thioether (sulfide) groups is 1. The Balaban J connectivity index is 2.37. The Labute approximate surface area is 99.6 Å². The molecule has 0 fully saturated rings. The zero-order chi connectivity index (χ0) is 12.0. The van der Waals surface area contributed by atoms with Crippen molar-refractivity contribution >= 4 is 17.7 Å². The molecule has 90 valence electrons. The Hall–Kier alpha value is -1.01. The average molecular weight is 243 g/mol. The quantitative estimate of drug-likeness (QED) is 0.589. The molecule has 0 aromatic carbocycles. The number of methoxy groups -OCH3 is 1. The van der Waals surface area contributed by atoms with Crippen molar-refractivity contribution in [2.75, 3.05) is 20.3 Å². The van der Waals surface area contributed by atoms with Gasteiger partial charge in [0.15, 0.2) is 5.16 Å². The lowest BCUT2D eigenvalue weighted by Crippen LogP contribution is -2.33. The van der Waals surface area contributed by atoms with Crippen LogP contribution in [0, 0.1) is 0 Å². The maximum absolute atomic E-state index is 11.6. The molecule has 16 heavy (non-hydrogen) atoms. The molecule has 0 bridgehead atoms. The van der Waals surface area contributed by atoms with Gasteiger partial charge in [-0.05, 0) is 6.92 Å². The lowest BCUT2D eigenvalue weighted by atomic mass is 10.4. The predicted molar refractivity (Wildman–Crippen MR) is 63.4 cm³/mol. The van der Waals surface area contributed by atoms with Crippen LogP contribution in [-0.4, -0.2) is 41.0 Å². The first kappa shape index (κ1) is 13.1. The second-order valence-corrected chi connectivity index (χ2v) is 4.67. The van der Waals surface area contributed by atoms with Crippen LogP contribution in [0.25, 0.3) is 0 Å². The van der Waals surface area contributed by atoms with Crippen molar-refractivity contribution in [2.45, 2.75) is 17.3 Å². The summed E-state index contributed by atoms with van der Waals surface area (Å²) in [5.41, 5.74) is 0. The van der Waals surface area contributed by atoms with Gasteiger partial charge in [-0.25, -0.2) is 4.98 Å². The van der Waals surface area contributed by atoms with Gasteiger partial charge in [0.25, 0.3) is 0 Å². The van der Waals surface area contributed by atoms with Crippen LogP contribution in [0.3, 0.4) is 0 Å². The summed E-state index contributed by atoms with van der Waals surface area (Å²) in [6, 6.07) is 0. The standard InChI is InChI=1S/C10H17N3O2S/c1-8(9(14)11-5-7-15-3)16-10-12-4-6-13(10)2/h4,6,8H,5,7H2,1-3H3,(H,11,14). The van der Waals surface area contributed by atoms with Gasteiger partial charge in [-0.2, -0.15) is 0 Å². The summed E-state index contributed by atoms with van der Waals surface area (Å²) in [7, 11) is 3.52. The molecule has 6 heteroatoms. The molecular weight excluding hydrogens is 226 g/mol. The number of carbonyl (C=O) groups excluding carboxylic acids is 1. The van der Waals surface area contributed by atoms with Crippen LogP contribution in [0.1, 0.15) is 6.92 Å². The molecule has 0 saturated carbocycles. The predicted octanol–water partition coefficient (Wildman–Crippen LogP) is 0.663. The molecule has 1 N–H and O–H groups in total. The van der Waals surface area contributed by atoms with E-state index in [0.29, 0.717) is 13.2 Å². The first-order valence-corrected chi connectivity index (χ1v) is 5.93. The molecule has 1 unspecified atom stereocenters. The molecule has 1 aromatic rings. The van der Waals surface area contributed by atoms with E-state index in [1.54, 1.807) is 13.3 Å². The lowest BCUT2D eigenvalue weighted by molar-refractivity contribution is -0.120. The molecule has 1 heterocycles. The molecule has 0 aliphatic carbocycles. The third-order valence-corrected chi connectivity index (χ3v) is 3.21. The topological polar surface area (TPSA) is 56.1 Å². The van der Waals surface area contributed by atoms with Crippen molar-refractivity contribution in [3.05, 3.63) is 12.4 Å². The smallest absolute Gasteiger partial charge is 0.233 e. The Kier molecular flexibility index (Phi) is 5.34. The summed E-state index contributed by atoms with van der Waals surface area (Å²) in [6.45, 7) is 2.94. The number of nitrogens with one attached hydrogen (secondary N) is 1. The molecule has 5 nitrogen and oxygen atoms in total. The summed E-state index contributed by atoms with van der Waals surface area (Å²) < 4.78 is 6.75. The second kappa shape index (κ2) is 6.55. The number of aryl methyl sites for hydroxylation is 1. The highest BCUT2D eigenvalue weighted by atomic mass is 32.2. The fourth-order valence-electron chi connectivity index (χ4n) is 1.10. The normalized spacial score (nSPS) is 12.4. The molecule has 0 aliphatic heterocycles. The van der Waals surface area contributed by atoms with Crippen molar-refractivity contribution < 1.29 is 9.53 Å². The van der Waals surface area contributed by atoms with E-state index in [2.05, 4.69) is 10.3 Å². The fraction of sp³-hybridized carbons (Fsp3) is 0.600. The van der Waals surface area contributed by atoms with Crippen molar-refractivity contribution in [1.82, 2.24) is 14.9 Å². The minimum Gasteiger partial charge on any atom is -0.383 e. The zero-order valence-electron chi connectivity index (χ0n) is 9.77. The summed E-state index contributed by atoms with van der Waals surface area (Å²) in [6.07, 6.45) is 3.58. The average Bonchev–Trinajstić information content (AvgIpc) is 2.64. The molecule has 1 aromatic heterocycles. The van der Waals surface area contributed by atoms with E-state index in [0.717, 1.165) is 5.16 Å². The molecule has 1 rings (SSSR count). The Morgan fingerprint density at radius 3 is 3.06 bits per heavy atom. The van der Waals surface area contributed by atoms with Crippen molar-refractivity contribution in [3.63, 3.8) is 0 Å². The van der Waals surface area contributed by atoms with E-state index < -0.39 is 0 Å². The molecular formula is C10H17N3O2S. The van der Waals surface area contributed by atoms with E-state index in [1.165, 1.54) is 11.8 Å². The van der Waals surface area contributed by atoms with Crippen LogP contribution >= 0.6 is 11.8 Å². The van der Waals surface area contributed by atoms with Crippen LogP contribution in [0.5, 0.6) is 0 Å². The number of imidazole rings is 1. The first-order valence-electron chi connectivity index (χ1n) is 5.05. The maximum Gasteiger partial charge on any atom is 0.233 e. The minimum atomic E-state index is -0.155. The number of carbonyl (C=O) groups is 1. The van der Waals surface area contributed by atoms with E-state index in [-0.39, 0.29) is 11.2 Å². The number of amides is 1. The van der Waals surface area contributed by atoms with Gasteiger partial charge in [0.1, 0.15) is 0 Å². The summed E-state index contributed by atoms with van der Waals surface area (Å²) >= 11 is 1.44. The van der Waals surface area contributed by atoms with Gasteiger partial charge in [-0.15, -0.1) is 0 Å². The Morgan fingerprint density at radius 1 is 1.75 bits per heavy atom. The lowest BCUT2D eigenvalue weighted by Gasteiger charge is -2.11. The van der Waals surface area contributed by atoms with Gasteiger partial charge < -0.3 is 14.6 Å². The van der Waals surface area contributed by atoms with Crippen LogP contribution in [0.2, 0.25) is 0 Å².